The predicted octanol–water partition coefficient (Wildman–Crippen LogP) is 2.87. The van der Waals surface area contributed by atoms with Crippen LogP contribution in [0.25, 0.3) is 0 Å². The van der Waals surface area contributed by atoms with E-state index in [1.807, 2.05) is 0 Å². The standard InChI is InChI=1S/C24H18F3N3O5/c25-24(26,27)13-4-1-3-12-19(13)28-22(33)23(12)18-17(14-5-2-8-29(14)23)20(31)30(21(18)32)11-6-7-15-16(9-11)35-10-34-15/h1,3-4,6-7,9,14,17-18H,2,5,8,10H2,(H,28,33)/t14-,17-,18+,23-/m1/s1. The van der Waals surface area contributed by atoms with Crippen LogP contribution >= 0.6 is 0 Å². The number of hydrogen-bond acceptors (Lipinski definition) is 6. The first-order valence-corrected chi connectivity index (χ1v) is 11.3. The number of fused-ring (bicyclic) bond motifs is 8. The van der Waals surface area contributed by atoms with E-state index in [0.29, 0.717) is 30.9 Å². The predicted molar refractivity (Wildman–Crippen MR) is 114 cm³/mol. The van der Waals surface area contributed by atoms with Crippen LogP contribution in [0.2, 0.25) is 0 Å². The monoisotopic (exact) mass is 485 g/mol. The molecule has 5 aliphatic heterocycles. The second-order valence-corrected chi connectivity index (χ2v) is 9.40. The number of rotatable bonds is 1. The zero-order valence-electron chi connectivity index (χ0n) is 18.1. The molecule has 2 aromatic carbocycles. The van der Waals surface area contributed by atoms with Crippen molar-refractivity contribution in [2.75, 3.05) is 23.6 Å². The number of nitrogens with zero attached hydrogens (tertiary/aromatic N) is 2. The molecule has 2 aromatic rings. The topological polar surface area (TPSA) is 88.2 Å². The number of imide groups is 1. The Kier molecular flexibility index (Phi) is 3.87. The SMILES string of the molecule is O=C1[C@@H]2[C@H]3CCCN3[C@@]3(C(=O)Nc4c(C(F)(F)F)cccc43)[C@@H]2C(=O)N1c1ccc2c(c1)OCO2. The molecule has 0 saturated carbocycles. The van der Waals surface area contributed by atoms with Gasteiger partial charge in [-0.05, 0) is 37.6 Å². The Morgan fingerprint density at radius 1 is 1.03 bits per heavy atom. The summed E-state index contributed by atoms with van der Waals surface area (Å²) >= 11 is 0. The van der Waals surface area contributed by atoms with E-state index in [4.69, 9.17) is 9.47 Å². The van der Waals surface area contributed by atoms with Gasteiger partial charge >= 0.3 is 6.18 Å². The van der Waals surface area contributed by atoms with Crippen LogP contribution < -0.4 is 19.7 Å². The van der Waals surface area contributed by atoms with Gasteiger partial charge in [0.25, 0.3) is 0 Å². The minimum Gasteiger partial charge on any atom is -0.454 e. The first kappa shape index (κ1) is 20.7. The largest absolute Gasteiger partial charge is 0.454 e. The summed E-state index contributed by atoms with van der Waals surface area (Å²) in [6.45, 7) is 0.427. The summed E-state index contributed by atoms with van der Waals surface area (Å²) in [6.07, 6.45) is -3.46. The van der Waals surface area contributed by atoms with Gasteiger partial charge in [0.1, 0.15) is 5.54 Å². The van der Waals surface area contributed by atoms with E-state index in [0.717, 1.165) is 11.0 Å². The fraction of sp³-hybridized carbons (Fsp3) is 0.375. The second-order valence-electron chi connectivity index (χ2n) is 9.40. The minimum absolute atomic E-state index is 0.0184. The van der Waals surface area contributed by atoms with Crippen LogP contribution in [0.1, 0.15) is 24.0 Å². The van der Waals surface area contributed by atoms with Gasteiger partial charge in [0.15, 0.2) is 11.5 Å². The third-order valence-electron chi connectivity index (χ3n) is 7.95. The Bertz CT molecular complexity index is 1340. The molecule has 180 valence electrons. The molecular weight excluding hydrogens is 467 g/mol. The van der Waals surface area contributed by atoms with Gasteiger partial charge in [-0.25, -0.2) is 4.90 Å². The van der Waals surface area contributed by atoms with Crippen LogP contribution in [0, 0.1) is 11.8 Å². The molecule has 35 heavy (non-hydrogen) atoms. The maximum absolute atomic E-state index is 13.9. The maximum atomic E-state index is 13.9. The van der Waals surface area contributed by atoms with Gasteiger partial charge in [-0.1, -0.05) is 12.1 Å². The number of hydrogen-bond donors (Lipinski definition) is 1. The van der Waals surface area contributed by atoms with Gasteiger partial charge in [0.2, 0.25) is 24.5 Å². The summed E-state index contributed by atoms with van der Waals surface area (Å²) in [4.78, 5) is 44.1. The summed E-state index contributed by atoms with van der Waals surface area (Å²) in [7, 11) is 0. The molecule has 4 atom stereocenters. The Labute approximate surface area is 196 Å². The van der Waals surface area contributed by atoms with Crippen LogP contribution in [-0.2, 0) is 26.1 Å². The van der Waals surface area contributed by atoms with Crippen LogP contribution in [-0.4, -0.2) is 42.0 Å². The molecule has 3 fully saturated rings. The molecule has 3 amide bonds. The number of carbonyl (C=O) groups excluding carboxylic acids is 3. The number of para-hydroxylation sites is 1. The smallest absolute Gasteiger partial charge is 0.418 e. The fourth-order valence-corrected chi connectivity index (χ4v) is 6.75. The highest BCUT2D eigenvalue weighted by Crippen LogP contribution is 2.61. The lowest BCUT2D eigenvalue weighted by atomic mass is 9.75. The van der Waals surface area contributed by atoms with Crippen LogP contribution in [0.15, 0.2) is 36.4 Å². The zero-order valence-corrected chi connectivity index (χ0v) is 18.1. The fourth-order valence-electron chi connectivity index (χ4n) is 6.75. The number of nitrogens with one attached hydrogen (secondary N) is 1. The molecular formula is C24H18F3N3O5. The maximum Gasteiger partial charge on any atom is 0.418 e. The van der Waals surface area contributed by atoms with E-state index < -0.39 is 52.9 Å². The summed E-state index contributed by atoms with van der Waals surface area (Å²) in [6, 6.07) is 7.88. The zero-order chi connectivity index (χ0) is 24.3. The van der Waals surface area contributed by atoms with Crippen molar-refractivity contribution in [2.45, 2.75) is 30.6 Å². The molecule has 0 aliphatic carbocycles. The van der Waals surface area contributed by atoms with Gasteiger partial charge in [0, 0.05) is 17.7 Å². The molecule has 8 nitrogen and oxygen atoms in total. The van der Waals surface area contributed by atoms with E-state index >= 15 is 0 Å². The number of amides is 3. The molecule has 0 aromatic heterocycles. The number of carbonyl (C=O) groups is 3. The molecule has 5 heterocycles. The van der Waals surface area contributed by atoms with Crippen molar-refractivity contribution in [3.05, 3.63) is 47.5 Å². The highest BCUT2D eigenvalue weighted by Gasteiger charge is 2.75. The summed E-state index contributed by atoms with van der Waals surface area (Å²) in [5.41, 5.74) is -2.60. The first-order valence-electron chi connectivity index (χ1n) is 11.3. The van der Waals surface area contributed by atoms with Crippen molar-refractivity contribution < 1.29 is 37.0 Å². The van der Waals surface area contributed by atoms with Crippen molar-refractivity contribution in [2.24, 2.45) is 11.8 Å². The summed E-state index contributed by atoms with van der Waals surface area (Å²) < 4.78 is 52.1. The minimum atomic E-state index is -4.69. The van der Waals surface area contributed by atoms with E-state index in [-0.39, 0.29) is 23.7 Å². The third kappa shape index (κ3) is 2.38. The normalized spacial score (nSPS) is 30.8. The Morgan fingerprint density at radius 3 is 2.63 bits per heavy atom. The Morgan fingerprint density at radius 2 is 1.83 bits per heavy atom. The second kappa shape index (κ2) is 6.54. The van der Waals surface area contributed by atoms with Crippen LogP contribution in [0.4, 0.5) is 24.5 Å². The molecule has 5 aliphatic rings. The van der Waals surface area contributed by atoms with E-state index in [1.54, 1.807) is 17.0 Å². The quantitative estimate of drug-likeness (QED) is 0.626. The van der Waals surface area contributed by atoms with Gasteiger partial charge in [-0.3, -0.25) is 19.3 Å². The highest BCUT2D eigenvalue weighted by molar-refractivity contribution is 6.26. The number of halogens is 3. The van der Waals surface area contributed by atoms with Crippen LogP contribution in [0.3, 0.4) is 0 Å². The number of alkyl halides is 3. The van der Waals surface area contributed by atoms with Gasteiger partial charge in [-0.15, -0.1) is 0 Å². The van der Waals surface area contributed by atoms with Crippen molar-refractivity contribution in [3.63, 3.8) is 0 Å². The van der Waals surface area contributed by atoms with Crippen molar-refractivity contribution in [1.82, 2.24) is 4.90 Å². The lowest BCUT2D eigenvalue weighted by molar-refractivity contribution is -0.137. The lowest BCUT2D eigenvalue weighted by Crippen LogP contribution is -2.54. The first-order chi connectivity index (χ1) is 16.7. The molecule has 7 rings (SSSR count). The average Bonchev–Trinajstić information content (AvgIpc) is 3.59. The number of ether oxygens (including phenoxy) is 2. The van der Waals surface area contributed by atoms with Crippen LogP contribution in [0.5, 0.6) is 11.5 Å². The van der Waals surface area contributed by atoms with E-state index in [9.17, 15) is 27.6 Å². The van der Waals surface area contributed by atoms with Gasteiger partial charge in [-0.2, -0.15) is 13.2 Å². The van der Waals surface area contributed by atoms with Gasteiger partial charge < -0.3 is 14.8 Å². The van der Waals surface area contributed by atoms with Gasteiger partial charge in [0.05, 0.1) is 28.8 Å². The molecule has 0 bridgehead atoms. The molecule has 1 N–H and O–H groups in total. The molecule has 0 unspecified atom stereocenters. The molecule has 11 heteroatoms. The van der Waals surface area contributed by atoms with Crippen molar-refractivity contribution >= 4 is 29.1 Å². The lowest BCUT2D eigenvalue weighted by Gasteiger charge is -2.36. The number of benzene rings is 2. The Hall–Kier alpha value is -3.60. The average molecular weight is 485 g/mol. The van der Waals surface area contributed by atoms with Crippen molar-refractivity contribution in [3.8, 4) is 11.5 Å². The molecule has 0 radical (unpaired) electrons. The summed E-state index contributed by atoms with van der Waals surface area (Å²) in [5, 5.41) is 2.44. The third-order valence-corrected chi connectivity index (χ3v) is 7.95. The van der Waals surface area contributed by atoms with E-state index in [2.05, 4.69) is 5.32 Å². The molecule has 3 saturated heterocycles. The Balaban J connectivity index is 1.41. The van der Waals surface area contributed by atoms with E-state index in [1.165, 1.54) is 18.2 Å². The number of anilines is 2. The van der Waals surface area contributed by atoms with Crippen molar-refractivity contribution in [1.29, 1.82) is 0 Å². The molecule has 1 spiro atoms. The highest BCUT2D eigenvalue weighted by atomic mass is 19.4. The summed E-state index contributed by atoms with van der Waals surface area (Å²) in [5.74, 6) is -2.88.